The van der Waals surface area contributed by atoms with E-state index in [1.165, 1.54) is 21.5 Å². The molecule has 2 atom stereocenters. The molecule has 15 heavy (non-hydrogen) atoms. The molecule has 1 aromatic heterocycles. The molecule has 1 aromatic rings. The zero-order valence-corrected chi connectivity index (χ0v) is 12.1. The largest absolute Gasteiger partial charge is 0.316 e. The number of rotatable bonds is 6. The fourth-order valence-electron chi connectivity index (χ4n) is 1.92. The lowest BCUT2D eigenvalue weighted by Crippen LogP contribution is -2.33. The van der Waals surface area contributed by atoms with E-state index >= 15 is 0 Å². The number of likely N-dealkylation sites (N-methyl/N-ethyl adjacent to an activating group) is 1. The molecule has 86 valence electrons. The smallest absolute Gasteiger partial charge is 0.0701 e. The zero-order chi connectivity index (χ0) is 11.3. The van der Waals surface area contributed by atoms with Gasteiger partial charge in [0.2, 0.25) is 0 Å². The molecule has 0 bridgehead atoms. The molecule has 0 saturated carbocycles. The Labute approximate surface area is 105 Å². The predicted octanol–water partition coefficient (Wildman–Crippen LogP) is 4.08. The molecule has 0 saturated heterocycles. The van der Waals surface area contributed by atoms with E-state index in [0.29, 0.717) is 6.04 Å². The summed E-state index contributed by atoms with van der Waals surface area (Å²) in [4.78, 5) is 1.46. The molecule has 3 heteroatoms. The highest BCUT2D eigenvalue weighted by atomic mass is 79.9. The zero-order valence-electron chi connectivity index (χ0n) is 9.72. The monoisotopic (exact) mass is 289 g/mol. The van der Waals surface area contributed by atoms with Crippen LogP contribution in [0.4, 0.5) is 0 Å². The average molecular weight is 290 g/mol. The van der Waals surface area contributed by atoms with Crippen LogP contribution in [-0.2, 0) is 6.42 Å². The van der Waals surface area contributed by atoms with Gasteiger partial charge < -0.3 is 5.32 Å². The Morgan fingerprint density at radius 1 is 1.47 bits per heavy atom. The molecule has 1 rings (SSSR count). The van der Waals surface area contributed by atoms with Gasteiger partial charge in [-0.1, -0.05) is 20.3 Å². The number of halogens is 1. The summed E-state index contributed by atoms with van der Waals surface area (Å²) in [5.41, 5.74) is 0. The molecule has 0 spiro atoms. The number of hydrogen-bond donors (Lipinski definition) is 1. The molecular formula is C12H20BrNS. The van der Waals surface area contributed by atoms with Gasteiger partial charge in [-0.25, -0.2) is 0 Å². The first-order valence-corrected chi connectivity index (χ1v) is 7.19. The van der Waals surface area contributed by atoms with Gasteiger partial charge in [-0.05, 0) is 53.9 Å². The SMILES string of the molecule is CCCC(C)C(Cc1ccc(Br)s1)NC. The van der Waals surface area contributed by atoms with E-state index in [-0.39, 0.29) is 0 Å². The van der Waals surface area contributed by atoms with Crippen molar-refractivity contribution in [2.75, 3.05) is 7.05 Å². The highest BCUT2D eigenvalue weighted by molar-refractivity contribution is 9.11. The average Bonchev–Trinajstić information content (AvgIpc) is 2.61. The van der Waals surface area contributed by atoms with Crippen molar-refractivity contribution in [3.05, 3.63) is 20.8 Å². The third kappa shape index (κ3) is 4.25. The van der Waals surface area contributed by atoms with Gasteiger partial charge in [0.25, 0.3) is 0 Å². The molecule has 0 aliphatic heterocycles. The predicted molar refractivity (Wildman–Crippen MR) is 72.6 cm³/mol. The number of nitrogens with one attached hydrogen (secondary N) is 1. The van der Waals surface area contributed by atoms with Crippen LogP contribution < -0.4 is 5.32 Å². The Balaban J connectivity index is 2.53. The first kappa shape index (κ1) is 13.2. The van der Waals surface area contributed by atoms with Gasteiger partial charge in [0.15, 0.2) is 0 Å². The fraction of sp³-hybridized carbons (Fsp3) is 0.667. The van der Waals surface area contributed by atoms with Gasteiger partial charge in [-0.3, -0.25) is 0 Å². The highest BCUT2D eigenvalue weighted by Gasteiger charge is 2.15. The lowest BCUT2D eigenvalue weighted by Gasteiger charge is -2.22. The molecule has 0 aromatic carbocycles. The lowest BCUT2D eigenvalue weighted by molar-refractivity contribution is 0.373. The Hall–Kier alpha value is 0.140. The third-order valence-corrected chi connectivity index (χ3v) is 4.50. The van der Waals surface area contributed by atoms with E-state index in [1.54, 1.807) is 0 Å². The van der Waals surface area contributed by atoms with Crippen LogP contribution >= 0.6 is 27.3 Å². The quantitative estimate of drug-likeness (QED) is 0.832. The third-order valence-electron chi connectivity index (χ3n) is 2.85. The molecule has 1 N–H and O–H groups in total. The van der Waals surface area contributed by atoms with Crippen LogP contribution in [0.2, 0.25) is 0 Å². The van der Waals surface area contributed by atoms with Crippen LogP contribution in [0.1, 0.15) is 31.6 Å². The number of hydrogen-bond acceptors (Lipinski definition) is 2. The van der Waals surface area contributed by atoms with Crippen molar-refractivity contribution in [1.82, 2.24) is 5.32 Å². The van der Waals surface area contributed by atoms with Crippen molar-refractivity contribution in [2.24, 2.45) is 5.92 Å². The van der Waals surface area contributed by atoms with Crippen molar-refractivity contribution < 1.29 is 0 Å². The van der Waals surface area contributed by atoms with Gasteiger partial charge in [-0.15, -0.1) is 11.3 Å². The maximum atomic E-state index is 3.51. The van der Waals surface area contributed by atoms with Crippen LogP contribution in [-0.4, -0.2) is 13.1 Å². The van der Waals surface area contributed by atoms with E-state index in [0.717, 1.165) is 12.3 Å². The molecule has 0 radical (unpaired) electrons. The summed E-state index contributed by atoms with van der Waals surface area (Å²) in [6.45, 7) is 4.60. The Kier molecular flexibility index (Phi) is 5.87. The molecule has 0 aliphatic carbocycles. The Morgan fingerprint density at radius 2 is 2.20 bits per heavy atom. The summed E-state index contributed by atoms with van der Waals surface area (Å²) in [5, 5.41) is 3.44. The van der Waals surface area contributed by atoms with Gasteiger partial charge >= 0.3 is 0 Å². The van der Waals surface area contributed by atoms with Gasteiger partial charge in [-0.2, -0.15) is 0 Å². The lowest BCUT2D eigenvalue weighted by atomic mass is 9.94. The summed E-state index contributed by atoms with van der Waals surface area (Å²) in [7, 11) is 2.07. The van der Waals surface area contributed by atoms with Crippen LogP contribution in [0.25, 0.3) is 0 Å². The Morgan fingerprint density at radius 3 is 2.67 bits per heavy atom. The fourth-order valence-corrected chi connectivity index (χ4v) is 3.46. The number of thiophene rings is 1. The van der Waals surface area contributed by atoms with Crippen molar-refractivity contribution >= 4 is 27.3 Å². The maximum absolute atomic E-state index is 3.51. The second-order valence-electron chi connectivity index (χ2n) is 4.07. The van der Waals surface area contributed by atoms with Gasteiger partial charge in [0, 0.05) is 10.9 Å². The minimum absolute atomic E-state index is 0.607. The second kappa shape index (κ2) is 6.66. The summed E-state index contributed by atoms with van der Waals surface area (Å²) in [6.07, 6.45) is 3.72. The molecule has 0 amide bonds. The van der Waals surface area contributed by atoms with E-state index in [9.17, 15) is 0 Å². The standard InChI is InChI=1S/C12H20BrNS/c1-4-5-9(2)11(14-3)8-10-6-7-12(13)15-10/h6-7,9,11,14H,4-5,8H2,1-3H3. The van der Waals surface area contributed by atoms with E-state index in [1.807, 2.05) is 11.3 Å². The van der Waals surface area contributed by atoms with Crippen molar-refractivity contribution in [3.8, 4) is 0 Å². The molecule has 1 nitrogen and oxygen atoms in total. The van der Waals surface area contributed by atoms with Crippen molar-refractivity contribution in [2.45, 2.75) is 39.2 Å². The van der Waals surface area contributed by atoms with Crippen molar-refractivity contribution in [1.29, 1.82) is 0 Å². The molecule has 1 heterocycles. The highest BCUT2D eigenvalue weighted by Crippen LogP contribution is 2.25. The Bertz CT molecular complexity index is 285. The minimum Gasteiger partial charge on any atom is -0.316 e. The van der Waals surface area contributed by atoms with Gasteiger partial charge in [0.1, 0.15) is 0 Å². The summed E-state index contributed by atoms with van der Waals surface area (Å²) in [6, 6.07) is 4.96. The summed E-state index contributed by atoms with van der Waals surface area (Å²) in [5.74, 6) is 0.751. The van der Waals surface area contributed by atoms with Crippen LogP contribution in [0.3, 0.4) is 0 Å². The van der Waals surface area contributed by atoms with E-state index in [2.05, 4.69) is 54.3 Å². The van der Waals surface area contributed by atoms with E-state index in [4.69, 9.17) is 0 Å². The molecule has 0 aliphatic rings. The van der Waals surface area contributed by atoms with Crippen LogP contribution in [0.5, 0.6) is 0 Å². The first-order valence-electron chi connectivity index (χ1n) is 5.58. The summed E-state index contributed by atoms with van der Waals surface area (Å²) >= 11 is 5.35. The van der Waals surface area contributed by atoms with Crippen molar-refractivity contribution in [3.63, 3.8) is 0 Å². The molecule has 2 unspecified atom stereocenters. The topological polar surface area (TPSA) is 12.0 Å². The second-order valence-corrected chi connectivity index (χ2v) is 6.62. The maximum Gasteiger partial charge on any atom is 0.0701 e. The van der Waals surface area contributed by atoms with Crippen LogP contribution in [0, 0.1) is 5.92 Å². The minimum atomic E-state index is 0.607. The van der Waals surface area contributed by atoms with Gasteiger partial charge in [0.05, 0.1) is 3.79 Å². The normalized spacial score (nSPS) is 15.2. The molecule has 0 fully saturated rings. The first-order chi connectivity index (χ1) is 7.17. The summed E-state index contributed by atoms with van der Waals surface area (Å²) < 4.78 is 1.23. The van der Waals surface area contributed by atoms with E-state index < -0.39 is 0 Å². The molecular weight excluding hydrogens is 270 g/mol. The van der Waals surface area contributed by atoms with Crippen LogP contribution in [0.15, 0.2) is 15.9 Å².